The minimum Gasteiger partial charge on any atom is -0.475 e. The van der Waals surface area contributed by atoms with Crippen molar-refractivity contribution in [1.29, 1.82) is 0 Å². The Hall–Kier alpha value is -3.41. The number of carboxylic acid groups (broad SMARTS) is 1. The number of halogens is 3. The molecule has 12 heteroatoms. The van der Waals surface area contributed by atoms with Crippen molar-refractivity contribution in [3.05, 3.63) is 47.8 Å². The van der Waals surface area contributed by atoms with E-state index in [1.54, 1.807) is 10.8 Å². The Morgan fingerprint density at radius 1 is 1.28 bits per heavy atom. The van der Waals surface area contributed by atoms with Gasteiger partial charge in [-0.25, -0.2) is 4.79 Å². The van der Waals surface area contributed by atoms with Crippen LogP contribution < -0.4 is 15.5 Å². The normalized spacial score (nSPS) is 16.0. The van der Waals surface area contributed by atoms with Crippen molar-refractivity contribution in [2.24, 2.45) is 0 Å². The number of rotatable bonds is 5. The van der Waals surface area contributed by atoms with Crippen LogP contribution in [0.3, 0.4) is 0 Å². The Labute approximate surface area is 182 Å². The molecule has 1 aliphatic rings. The highest BCUT2D eigenvalue weighted by molar-refractivity contribution is 5.73. The molecule has 32 heavy (non-hydrogen) atoms. The van der Waals surface area contributed by atoms with Gasteiger partial charge in [0.15, 0.2) is 5.65 Å². The Kier molecular flexibility index (Phi) is 7.13. The summed E-state index contributed by atoms with van der Waals surface area (Å²) in [5.74, 6) is -1.78. The molecule has 1 saturated heterocycles. The van der Waals surface area contributed by atoms with Crippen LogP contribution in [0, 0.1) is 6.92 Å². The van der Waals surface area contributed by atoms with Gasteiger partial charge in [0, 0.05) is 38.4 Å². The van der Waals surface area contributed by atoms with Crippen LogP contribution in [0.1, 0.15) is 17.5 Å². The number of nitrogens with zero attached hydrogens (tertiary/aromatic N) is 5. The number of aromatic nitrogens is 4. The van der Waals surface area contributed by atoms with Crippen molar-refractivity contribution in [1.82, 2.24) is 25.1 Å². The first kappa shape index (κ1) is 23.3. The van der Waals surface area contributed by atoms with Crippen molar-refractivity contribution in [3.63, 3.8) is 0 Å². The first-order chi connectivity index (χ1) is 15.2. The van der Waals surface area contributed by atoms with Gasteiger partial charge >= 0.3 is 12.1 Å². The molecule has 3 N–H and O–H groups in total. The number of aliphatic carboxylic acids is 1. The lowest BCUT2D eigenvalue weighted by Gasteiger charge is -2.18. The zero-order chi connectivity index (χ0) is 23.3. The van der Waals surface area contributed by atoms with Crippen LogP contribution in [0.2, 0.25) is 0 Å². The minimum absolute atomic E-state index is 0.462. The molecule has 0 radical (unpaired) electrons. The number of aryl methyl sites for hydroxylation is 1. The maximum atomic E-state index is 10.6. The van der Waals surface area contributed by atoms with Gasteiger partial charge in [-0.1, -0.05) is 17.7 Å². The van der Waals surface area contributed by atoms with Gasteiger partial charge in [0.05, 0.1) is 0 Å². The van der Waals surface area contributed by atoms with Crippen molar-refractivity contribution in [2.75, 3.05) is 30.4 Å². The van der Waals surface area contributed by atoms with Gasteiger partial charge in [0.2, 0.25) is 0 Å². The molecule has 9 nitrogen and oxygen atoms in total. The third-order valence-electron chi connectivity index (χ3n) is 5.01. The first-order valence-electron chi connectivity index (χ1n) is 9.90. The fraction of sp³-hybridized carbons (Fsp3) is 0.400. The van der Waals surface area contributed by atoms with Crippen LogP contribution >= 0.6 is 0 Å². The van der Waals surface area contributed by atoms with E-state index in [1.807, 2.05) is 19.2 Å². The van der Waals surface area contributed by atoms with Crippen LogP contribution in [0.15, 0.2) is 36.7 Å². The third kappa shape index (κ3) is 5.84. The number of carboxylic acids is 1. The molecule has 1 aliphatic heterocycles. The van der Waals surface area contributed by atoms with Gasteiger partial charge in [-0.3, -0.25) is 0 Å². The average Bonchev–Trinajstić information content (AvgIpc) is 3.41. The van der Waals surface area contributed by atoms with Crippen LogP contribution in [-0.4, -0.2) is 63.2 Å². The van der Waals surface area contributed by atoms with E-state index < -0.39 is 12.1 Å². The van der Waals surface area contributed by atoms with E-state index in [9.17, 15) is 13.2 Å². The number of nitrogens with one attached hydrogen (secondary N) is 2. The predicted octanol–water partition coefficient (Wildman–Crippen LogP) is 2.48. The summed E-state index contributed by atoms with van der Waals surface area (Å²) in [6, 6.07) is 11.0. The zero-order valence-corrected chi connectivity index (χ0v) is 17.6. The number of hydrogen-bond donors (Lipinski definition) is 3. The molecule has 0 amide bonds. The second-order valence-electron chi connectivity index (χ2n) is 7.35. The molecule has 2 aromatic heterocycles. The molecular weight excluding hydrogens is 427 g/mol. The number of carbonyl (C=O) groups is 1. The fourth-order valence-electron chi connectivity index (χ4n) is 3.39. The summed E-state index contributed by atoms with van der Waals surface area (Å²) in [5, 5.41) is 26.6. The molecule has 1 fully saturated rings. The number of benzene rings is 1. The average molecular weight is 451 g/mol. The highest BCUT2D eigenvalue weighted by Gasteiger charge is 2.38. The highest BCUT2D eigenvalue weighted by atomic mass is 19.4. The number of alkyl halides is 3. The van der Waals surface area contributed by atoms with E-state index in [0.717, 1.165) is 37.5 Å². The quantitative estimate of drug-likeness (QED) is 0.543. The lowest BCUT2D eigenvalue weighted by atomic mass is 10.1. The SMILES string of the molecule is CNc1ccc(C)cc1CNC1CCN(c2ccc3nncn3n2)C1.O=C(O)C(F)(F)F. The molecule has 0 bridgehead atoms. The standard InChI is InChI=1S/C18H23N7.C2HF3O2/c1-13-3-4-16(19-2)14(9-13)10-20-15-7-8-24(11-15)18-6-5-17-22-21-12-25(17)23-18;3-2(4,5)1(6)7/h3-6,9,12,15,19-20H,7-8,10-11H2,1-2H3;(H,6,7). The largest absolute Gasteiger partial charge is 0.490 e. The molecule has 172 valence electrons. The summed E-state index contributed by atoms with van der Waals surface area (Å²) >= 11 is 0. The molecule has 3 heterocycles. The van der Waals surface area contributed by atoms with E-state index in [2.05, 4.69) is 56.0 Å². The lowest BCUT2D eigenvalue weighted by Crippen LogP contribution is -2.32. The van der Waals surface area contributed by atoms with Crippen LogP contribution in [0.5, 0.6) is 0 Å². The Morgan fingerprint density at radius 2 is 2.03 bits per heavy atom. The van der Waals surface area contributed by atoms with E-state index in [4.69, 9.17) is 9.90 Å². The van der Waals surface area contributed by atoms with Gasteiger partial charge in [-0.15, -0.1) is 15.3 Å². The van der Waals surface area contributed by atoms with E-state index in [0.29, 0.717) is 6.04 Å². The maximum Gasteiger partial charge on any atom is 0.490 e. The third-order valence-corrected chi connectivity index (χ3v) is 5.01. The Morgan fingerprint density at radius 3 is 2.72 bits per heavy atom. The summed E-state index contributed by atoms with van der Waals surface area (Å²) in [6.07, 6.45) is -2.33. The van der Waals surface area contributed by atoms with Crippen molar-refractivity contribution < 1.29 is 23.1 Å². The summed E-state index contributed by atoms with van der Waals surface area (Å²) in [7, 11) is 1.97. The summed E-state index contributed by atoms with van der Waals surface area (Å²) in [5.41, 5.74) is 4.56. The maximum absolute atomic E-state index is 10.6. The molecule has 1 unspecified atom stereocenters. The highest BCUT2D eigenvalue weighted by Crippen LogP contribution is 2.20. The first-order valence-corrected chi connectivity index (χ1v) is 9.90. The Bertz CT molecular complexity index is 1070. The molecule has 4 rings (SSSR count). The molecule has 1 aromatic carbocycles. The summed E-state index contributed by atoms with van der Waals surface area (Å²) in [4.78, 5) is 11.2. The summed E-state index contributed by atoms with van der Waals surface area (Å²) in [6.45, 7) is 4.97. The molecule has 0 saturated carbocycles. The number of hydrogen-bond acceptors (Lipinski definition) is 7. The zero-order valence-electron chi connectivity index (χ0n) is 17.6. The molecule has 3 aromatic rings. The number of anilines is 2. The van der Waals surface area contributed by atoms with Crippen molar-refractivity contribution in [3.8, 4) is 0 Å². The monoisotopic (exact) mass is 451 g/mol. The van der Waals surface area contributed by atoms with E-state index in [-0.39, 0.29) is 0 Å². The summed E-state index contributed by atoms with van der Waals surface area (Å²) < 4.78 is 33.5. The second-order valence-corrected chi connectivity index (χ2v) is 7.35. The fourth-order valence-corrected chi connectivity index (χ4v) is 3.39. The number of fused-ring (bicyclic) bond motifs is 1. The molecule has 0 spiro atoms. The van der Waals surface area contributed by atoms with Gasteiger partial charge in [0.1, 0.15) is 12.1 Å². The molecular formula is C20H24F3N7O2. The van der Waals surface area contributed by atoms with Crippen LogP contribution in [-0.2, 0) is 11.3 Å². The van der Waals surface area contributed by atoms with E-state index in [1.165, 1.54) is 16.8 Å². The minimum atomic E-state index is -5.08. The Balaban J connectivity index is 0.000000360. The molecule has 1 atom stereocenters. The van der Waals surface area contributed by atoms with Gasteiger partial charge in [-0.2, -0.15) is 17.7 Å². The van der Waals surface area contributed by atoms with Gasteiger partial charge in [-0.05, 0) is 37.1 Å². The second kappa shape index (κ2) is 9.81. The topological polar surface area (TPSA) is 108 Å². The van der Waals surface area contributed by atoms with Gasteiger partial charge < -0.3 is 20.6 Å². The van der Waals surface area contributed by atoms with E-state index >= 15 is 0 Å². The predicted molar refractivity (Wildman–Crippen MR) is 113 cm³/mol. The molecule has 0 aliphatic carbocycles. The smallest absolute Gasteiger partial charge is 0.475 e. The van der Waals surface area contributed by atoms with Crippen molar-refractivity contribution >= 4 is 23.1 Å². The van der Waals surface area contributed by atoms with Crippen LogP contribution in [0.25, 0.3) is 5.65 Å². The van der Waals surface area contributed by atoms with Crippen LogP contribution in [0.4, 0.5) is 24.7 Å². The van der Waals surface area contributed by atoms with Gasteiger partial charge in [0.25, 0.3) is 0 Å². The lowest BCUT2D eigenvalue weighted by molar-refractivity contribution is -0.192. The van der Waals surface area contributed by atoms with Crippen molar-refractivity contribution in [2.45, 2.75) is 32.1 Å².